The zero-order chi connectivity index (χ0) is 21.7. The summed E-state index contributed by atoms with van der Waals surface area (Å²) in [6.07, 6.45) is 2.82. The summed E-state index contributed by atoms with van der Waals surface area (Å²) in [7, 11) is -3.48. The summed E-state index contributed by atoms with van der Waals surface area (Å²) in [6.45, 7) is 5.13. The molecule has 7 nitrogen and oxygen atoms in total. The highest BCUT2D eigenvalue weighted by Crippen LogP contribution is 2.21. The van der Waals surface area contributed by atoms with Gasteiger partial charge in [-0.3, -0.25) is 9.59 Å². The van der Waals surface area contributed by atoms with Crippen molar-refractivity contribution in [3.63, 3.8) is 0 Å². The van der Waals surface area contributed by atoms with E-state index in [2.05, 4.69) is 10.6 Å². The Hall–Kier alpha value is -2.71. The highest BCUT2D eigenvalue weighted by atomic mass is 32.2. The lowest BCUT2D eigenvalue weighted by molar-refractivity contribution is -0.136. The molecule has 2 N–H and O–H groups in total. The molecule has 0 bridgehead atoms. The highest BCUT2D eigenvalue weighted by Gasteiger charge is 2.25. The average molecular weight is 430 g/mol. The first-order valence-corrected chi connectivity index (χ1v) is 11.5. The molecule has 8 heteroatoms. The maximum atomic E-state index is 12.7. The van der Waals surface area contributed by atoms with Gasteiger partial charge >= 0.3 is 11.8 Å². The van der Waals surface area contributed by atoms with Crippen LogP contribution >= 0.6 is 0 Å². The van der Waals surface area contributed by atoms with E-state index in [1.54, 1.807) is 30.3 Å². The van der Waals surface area contributed by atoms with Crippen LogP contribution in [0.4, 0.5) is 5.69 Å². The van der Waals surface area contributed by atoms with Crippen LogP contribution in [0.1, 0.15) is 36.0 Å². The van der Waals surface area contributed by atoms with Crippen LogP contribution in [0, 0.1) is 13.8 Å². The van der Waals surface area contributed by atoms with E-state index in [0.29, 0.717) is 24.3 Å². The first-order valence-electron chi connectivity index (χ1n) is 10.0. The van der Waals surface area contributed by atoms with Crippen molar-refractivity contribution in [2.45, 2.75) is 44.6 Å². The molecule has 0 saturated carbocycles. The van der Waals surface area contributed by atoms with Gasteiger partial charge in [0, 0.05) is 25.3 Å². The third-order valence-electron chi connectivity index (χ3n) is 5.30. The van der Waals surface area contributed by atoms with Crippen molar-refractivity contribution >= 4 is 27.5 Å². The van der Waals surface area contributed by atoms with Gasteiger partial charge in [-0.1, -0.05) is 24.6 Å². The van der Waals surface area contributed by atoms with Crippen molar-refractivity contribution in [2.75, 3.05) is 18.4 Å². The van der Waals surface area contributed by atoms with Crippen molar-refractivity contribution < 1.29 is 18.0 Å². The lowest BCUT2D eigenvalue weighted by atomic mass is 10.1. The average Bonchev–Trinajstić information content (AvgIpc) is 2.75. The number of anilines is 1. The van der Waals surface area contributed by atoms with Crippen LogP contribution < -0.4 is 10.6 Å². The third kappa shape index (κ3) is 5.25. The van der Waals surface area contributed by atoms with Crippen LogP contribution in [0.2, 0.25) is 0 Å². The van der Waals surface area contributed by atoms with Crippen LogP contribution in [0.25, 0.3) is 0 Å². The minimum absolute atomic E-state index is 0.128. The first-order chi connectivity index (χ1) is 14.3. The van der Waals surface area contributed by atoms with E-state index >= 15 is 0 Å². The van der Waals surface area contributed by atoms with Crippen molar-refractivity contribution in [2.24, 2.45) is 0 Å². The fourth-order valence-corrected chi connectivity index (χ4v) is 4.82. The van der Waals surface area contributed by atoms with Gasteiger partial charge in [-0.05, 0) is 67.6 Å². The summed E-state index contributed by atoms with van der Waals surface area (Å²) < 4.78 is 26.9. The summed E-state index contributed by atoms with van der Waals surface area (Å²) in [4.78, 5) is 24.4. The predicted molar refractivity (Wildman–Crippen MR) is 115 cm³/mol. The van der Waals surface area contributed by atoms with E-state index < -0.39 is 21.8 Å². The number of rotatable bonds is 5. The number of aryl methyl sites for hydroxylation is 2. The molecule has 2 aromatic carbocycles. The number of piperidine rings is 1. The Kier molecular flexibility index (Phi) is 6.89. The first kappa shape index (κ1) is 22.0. The lowest BCUT2D eigenvalue weighted by Crippen LogP contribution is -2.35. The number of sulfonamides is 1. The molecule has 0 unspecified atom stereocenters. The Morgan fingerprint density at radius 2 is 1.57 bits per heavy atom. The minimum Gasteiger partial charge on any atom is -0.344 e. The van der Waals surface area contributed by atoms with Gasteiger partial charge in [-0.2, -0.15) is 4.31 Å². The molecule has 160 valence electrons. The Bertz CT molecular complexity index is 1030. The molecule has 1 heterocycles. The number of hydrogen-bond acceptors (Lipinski definition) is 4. The Morgan fingerprint density at radius 1 is 0.900 bits per heavy atom. The molecule has 0 radical (unpaired) electrons. The van der Waals surface area contributed by atoms with E-state index in [9.17, 15) is 18.0 Å². The molecular weight excluding hydrogens is 402 g/mol. The Morgan fingerprint density at radius 3 is 2.20 bits per heavy atom. The quantitative estimate of drug-likeness (QED) is 0.715. The highest BCUT2D eigenvalue weighted by molar-refractivity contribution is 7.89. The number of nitrogens with zero attached hydrogens (tertiary/aromatic N) is 1. The van der Waals surface area contributed by atoms with E-state index in [1.807, 2.05) is 26.0 Å². The van der Waals surface area contributed by atoms with Gasteiger partial charge in [-0.25, -0.2) is 8.42 Å². The topological polar surface area (TPSA) is 95.6 Å². The van der Waals surface area contributed by atoms with Gasteiger partial charge in [0.05, 0.1) is 4.90 Å². The molecule has 1 fully saturated rings. The molecule has 2 aromatic rings. The van der Waals surface area contributed by atoms with E-state index in [1.165, 1.54) is 4.31 Å². The molecule has 1 aliphatic rings. The predicted octanol–water partition coefficient (Wildman–Crippen LogP) is 2.73. The van der Waals surface area contributed by atoms with Crippen LogP contribution in [0.3, 0.4) is 0 Å². The number of carbonyl (C=O) groups excluding carboxylic acids is 2. The number of hydrogen-bond donors (Lipinski definition) is 2. The van der Waals surface area contributed by atoms with Crippen molar-refractivity contribution in [3.05, 3.63) is 59.2 Å². The molecule has 0 spiro atoms. The SMILES string of the molecule is Cc1ccc(NC(=O)C(=O)NCc2ccc(S(=O)(=O)N3CCCCC3)cc2)cc1C. The monoisotopic (exact) mass is 429 g/mol. The standard InChI is InChI=1S/C22H27N3O4S/c1-16-6-9-19(14-17(16)2)24-22(27)21(26)23-15-18-7-10-20(11-8-18)30(28,29)25-12-4-3-5-13-25/h6-11,14H,3-5,12-13,15H2,1-2H3,(H,23,26)(H,24,27). The summed E-state index contributed by atoms with van der Waals surface area (Å²) >= 11 is 0. The zero-order valence-corrected chi connectivity index (χ0v) is 18.1. The number of carbonyl (C=O) groups is 2. The van der Waals surface area contributed by atoms with Gasteiger partial charge in [0.1, 0.15) is 0 Å². The van der Waals surface area contributed by atoms with E-state index in [0.717, 1.165) is 30.4 Å². The maximum absolute atomic E-state index is 12.7. The fourth-order valence-electron chi connectivity index (χ4n) is 3.30. The summed E-state index contributed by atoms with van der Waals surface area (Å²) in [5.41, 5.74) is 3.39. The van der Waals surface area contributed by atoms with Crippen LogP contribution in [-0.2, 0) is 26.2 Å². The third-order valence-corrected chi connectivity index (χ3v) is 7.21. The molecule has 0 atom stereocenters. The summed E-state index contributed by atoms with van der Waals surface area (Å²) in [5.74, 6) is -1.50. The largest absolute Gasteiger partial charge is 0.344 e. The second-order valence-corrected chi connectivity index (χ2v) is 9.48. The second-order valence-electron chi connectivity index (χ2n) is 7.54. The van der Waals surface area contributed by atoms with E-state index in [-0.39, 0.29) is 11.4 Å². The van der Waals surface area contributed by atoms with E-state index in [4.69, 9.17) is 0 Å². The molecular formula is C22H27N3O4S. The number of nitrogens with one attached hydrogen (secondary N) is 2. The Balaban J connectivity index is 1.55. The van der Waals surface area contributed by atoms with Crippen molar-refractivity contribution in [3.8, 4) is 0 Å². The molecule has 0 aromatic heterocycles. The van der Waals surface area contributed by atoms with Gasteiger partial charge < -0.3 is 10.6 Å². The molecule has 0 aliphatic carbocycles. The normalized spacial score (nSPS) is 14.9. The zero-order valence-electron chi connectivity index (χ0n) is 17.3. The van der Waals surface area contributed by atoms with Gasteiger partial charge in [0.15, 0.2) is 0 Å². The summed E-state index contributed by atoms with van der Waals surface area (Å²) in [5, 5.41) is 5.13. The van der Waals surface area contributed by atoms with Gasteiger partial charge in [0.2, 0.25) is 10.0 Å². The van der Waals surface area contributed by atoms with Crippen molar-refractivity contribution in [1.82, 2.24) is 9.62 Å². The molecule has 30 heavy (non-hydrogen) atoms. The number of benzene rings is 2. The molecule has 2 amide bonds. The van der Waals surface area contributed by atoms with Gasteiger partial charge in [0.25, 0.3) is 0 Å². The van der Waals surface area contributed by atoms with Crippen molar-refractivity contribution in [1.29, 1.82) is 0 Å². The maximum Gasteiger partial charge on any atom is 0.313 e. The molecule has 1 aliphatic heterocycles. The van der Waals surface area contributed by atoms with Crippen LogP contribution in [0.5, 0.6) is 0 Å². The molecule has 3 rings (SSSR count). The smallest absolute Gasteiger partial charge is 0.313 e. The lowest BCUT2D eigenvalue weighted by Gasteiger charge is -2.25. The van der Waals surface area contributed by atoms with Crippen LogP contribution in [0.15, 0.2) is 47.4 Å². The van der Waals surface area contributed by atoms with Gasteiger partial charge in [-0.15, -0.1) is 0 Å². The number of amides is 2. The molecule has 1 saturated heterocycles. The fraction of sp³-hybridized carbons (Fsp3) is 0.364. The minimum atomic E-state index is -3.48. The summed E-state index contributed by atoms with van der Waals surface area (Å²) in [6, 6.07) is 11.8. The van der Waals surface area contributed by atoms with Crippen LogP contribution in [-0.4, -0.2) is 37.6 Å². The Labute approximate surface area is 177 Å². The second kappa shape index (κ2) is 9.40.